The summed E-state index contributed by atoms with van der Waals surface area (Å²) in [5, 5.41) is 10.6. The van der Waals surface area contributed by atoms with Crippen LogP contribution in [0.2, 0.25) is 0 Å². The molecule has 1 saturated carbocycles. The van der Waals surface area contributed by atoms with E-state index in [0.29, 0.717) is 16.9 Å². The van der Waals surface area contributed by atoms with Crippen molar-refractivity contribution in [3.8, 4) is 0 Å². The van der Waals surface area contributed by atoms with E-state index in [0.717, 1.165) is 29.2 Å². The molecule has 0 radical (unpaired) electrons. The summed E-state index contributed by atoms with van der Waals surface area (Å²) in [6, 6.07) is 18.8. The van der Waals surface area contributed by atoms with Gasteiger partial charge in [-0.2, -0.15) is 0 Å². The lowest BCUT2D eigenvalue weighted by Gasteiger charge is -2.12. The molecule has 3 N–H and O–H groups in total. The third-order valence-electron chi connectivity index (χ3n) is 5.38. The summed E-state index contributed by atoms with van der Waals surface area (Å²) in [4.78, 5) is 36.7. The number of benzene rings is 3. The van der Waals surface area contributed by atoms with Crippen LogP contribution in [0, 0.1) is 12.8 Å². The minimum atomic E-state index is -0.209. The maximum atomic E-state index is 12.4. The molecule has 1 aliphatic rings. The van der Waals surface area contributed by atoms with E-state index in [1.807, 2.05) is 55.5 Å². The lowest BCUT2D eigenvalue weighted by atomic mass is 10.1. The fourth-order valence-electron chi connectivity index (χ4n) is 3.36. The first-order valence-electron chi connectivity index (χ1n) is 10.5. The number of aryl methyl sites for hydroxylation is 1. The highest BCUT2D eigenvalue weighted by atomic mass is 16.2. The summed E-state index contributed by atoms with van der Waals surface area (Å²) in [5.41, 5.74) is 2.79. The summed E-state index contributed by atoms with van der Waals surface area (Å²) < 4.78 is 0. The van der Waals surface area contributed by atoms with Gasteiger partial charge in [-0.25, -0.2) is 0 Å². The SMILES string of the molecule is Cc1ccc(NC(=O)C2CC2)cc1NC(=O)CCNC(=O)c1ccc2ccccc2c1. The summed E-state index contributed by atoms with van der Waals surface area (Å²) in [7, 11) is 0. The smallest absolute Gasteiger partial charge is 0.251 e. The minimum Gasteiger partial charge on any atom is -0.352 e. The molecule has 31 heavy (non-hydrogen) atoms. The van der Waals surface area contributed by atoms with E-state index in [9.17, 15) is 14.4 Å². The Hall–Kier alpha value is -3.67. The topological polar surface area (TPSA) is 87.3 Å². The highest BCUT2D eigenvalue weighted by molar-refractivity contribution is 5.99. The van der Waals surface area contributed by atoms with Gasteiger partial charge in [0.15, 0.2) is 0 Å². The van der Waals surface area contributed by atoms with Gasteiger partial charge in [-0.15, -0.1) is 0 Å². The largest absolute Gasteiger partial charge is 0.352 e. The standard InChI is InChI=1S/C25H25N3O3/c1-16-6-11-21(27-25(31)18-8-9-18)15-22(16)28-23(29)12-13-26-24(30)20-10-7-17-4-2-3-5-19(17)14-20/h2-7,10-11,14-15,18H,8-9,12-13H2,1H3,(H,26,30)(H,27,31)(H,28,29). The van der Waals surface area contributed by atoms with E-state index in [1.165, 1.54) is 0 Å². The van der Waals surface area contributed by atoms with Crippen LogP contribution in [0.3, 0.4) is 0 Å². The van der Waals surface area contributed by atoms with Crippen molar-refractivity contribution < 1.29 is 14.4 Å². The second-order valence-corrected chi connectivity index (χ2v) is 7.91. The molecule has 158 valence electrons. The van der Waals surface area contributed by atoms with E-state index < -0.39 is 0 Å². The Labute approximate surface area is 181 Å². The number of fused-ring (bicyclic) bond motifs is 1. The Bertz CT molecular complexity index is 1150. The molecule has 0 unspecified atom stereocenters. The summed E-state index contributed by atoms with van der Waals surface area (Å²) in [6.07, 6.45) is 2.02. The Balaban J connectivity index is 1.29. The predicted octanol–water partition coefficient (Wildman–Crippen LogP) is 4.26. The Kier molecular flexibility index (Phi) is 5.98. The van der Waals surface area contributed by atoms with Gasteiger partial charge in [0.2, 0.25) is 11.8 Å². The van der Waals surface area contributed by atoms with Crippen LogP contribution >= 0.6 is 0 Å². The van der Waals surface area contributed by atoms with Gasteiger partial charge in [0.25, 0.3) is 5.91 Å². The molecule has 6 nitrogen and oxygen atoms in total. The molecule has 0 aliphatic heterocycles. The van der Waals surface area contributed by atoms with E-state index >= 15 is 0 Å². The minimum absolute atomic E-state index is 0.0255. The van der Waals surface area contributed by atoms with Crippen LogP contribution in [0.5, 0.6) is 0 Å². The maximum Gasteiger partial charge on any atom is 0.251 e. The van der Waals surface area contributed by atoms with E-state index in [4.69, 9.17) is 0 Å². The molecule has 6 heteroatoms. The fourth-order valence-corrected chi connectivity index (χ4v) is 3.36. The van der Waals surface area contributed by atoms with Gasteiger partial charge in [0, 0.05) is 35.8 Å². The molecule has 3 aromatic carbocycles. The van der Waals surface area contributed by atoms with Crippen molar-refractivity contribution in [3.63, 3.8) is 0 Å². The molecule has 1 fully saturated rings. The zero-order chi connectivity index (χ0) is 21.8. The second-order valence-electron chi connectivity index (χ2n) is 7.91. The van der Waals surface area contributed by atoms with Gasteiger partial charge >= 0.3 is 0 Å². The second kappa shape index (κ2) is 9.00. The molecule has 1 aliphatic carbocycles. The highest BCUT2D eigenvalue weighted by Gasteiger charge is 2.29. The van der Waals surface area contributed by atoms with Gasteiger partial charge in [-0.1, -0.05) is 36.4 Å². The normalized spacial score (nSPS) is 12.9. The van der Waals surface area contributed by atoms with Crippen molar-refractivity contribution in [2.75, 3.05) is 17.2 Å². The van der Waals surface area contributed by atoms with Crippen molar-refractivity contribution in [2.45, 2.75) is 26.2 Å². The zero-order valence-corrected chi connectivity index (χ0v) is 17.4. The van der Waals surface area contributed by atoms with E-state index in [1.54, 1.807) is 12.1 Å². The van der Waals surface area contributed by atoms with Crippen LogP contribution in [-0.4, -0.2) is 24.3 Å². The monoisotopic (exact) mass is 415 g/mol. The number of anilines is 2. The molecule has 0 heterocycles. The summed E-state index contributed by atoms with van der Waals surface area (Å²) in [6.45, 7) is 2.12. The van der Waals surface area contributed by atoms with Crippen molar-refractivity contribution in [2.24, 2.45) is 5.92 Å². The van der Waals surface area contributed by atoms with Crippen molar-refractivity contribution in [1.29, 1.82) is 0 Å². The van der Waals surface area contributed by atoms with Crippen molar-refractivity contribution in [3.05, 3.63) is 71.8 Å². The number of carbonyl (C=O) groups is 3. The molecular weight excluding hydrogens is 390 g/mol. The van der Waals surface area contributed by atoms with Crippen molar-refractivity contribution >= 4 is 39.9 Å². The molecule has 4 rings (SSSR count). The number of amides is 3. The fraction of sp³-hybridized carbons (Fsp3) is 0.240. The van der Waals surface area contributed by atoms with Crippen LogP contribution in [-0.2, 0) is 9.59 Å². The van der Waals surface area contributed by atoms with Crippen LogP contribution in [0.15, 0.2) is 60.7 Å². The molecule has 0 saturated heterocycles. The molecule has 0 atom stereocenters. The quantitative estimate of drug-likeness (QED) is 0.539. The average Bonchev–Trinajstić information content (AvgIpc) is 3.61. The van der Waals surface area contributed by atoms with Gasteiger partial charge in [0.1, 0.15) is 0 Å². The zero-order valence-electron chi connectivity index (χ0n) is 17.4. The first kappa shape index (κ1) is 20.6. The molecule has 0 aromatic heterocycles. The van der Waals surface area contributed by atoms with Crippen LogP contribution in [0.25, 0.3) is 10.8 Å². The third-order valence-corrected chi connectivity index (χ3v) is 5.38. The lowest BCUT2D eigenvalue weighted by molar-refractivity contribution is -0.117. The van der Waals surface area contributed by atoms with E-state index in [-0.39, 0.29) is 36.6 Å². The van der Waals surface area contributed by atoms with Crippen LogP contribution in [0.4, 0.5) is 11.4 Å². The van der Waals surface area contributed by atoms with Gasteiger partial charge in [-0.05, 0) is 60.4 Å². The molecule has 3 aromatic rings. The number of nitrogens with one attached hydrogen (secondary N) is 3. The first-order valence-corrected chi connectivity index (χ1v) is 10.5. The van der Waals surface area contributed by atoms with Crippen LogP contribution < -0.4 is 16.0 Å². The predicted molar refractivity (Wildman–Crippen MR) is 122 cm³/mol. The lowest BCUT2D eigenvalue weighted by Crippen LogP contribution is -2.27. The van der Waals surface area contributed by atoms with Crippen molar-refractivity contribution in [1.82, 2.24) is 5.32 Å². The van der Waals surface area contributed by atoms with E-state index in [2.05, 4.69) is 16.0 Å². The molecular formula is C25H25N3O3. The van der Waals surface area contributed by atoms with Gasteiger partial charge in [0.05, 0.1) is 0 Å². The molecule has 0 spiro atoms. The maximum absolute atomic E-state index is 12.4. The number of hydrogen-bond acceptors (Lipinski definition) is 3. The third kappa shape index (κ3) is 5.28. The van der Waals surface area contributed by atoms with Gasteiger partial charge in [-0.3, -0.25) is 14.4 Å². The number of hydrogen-bond donors (Lipinski definition) is 3. The Morgan fingerprint density at radius 2 is 1.68 bits per heavy atom. The van der Waals surface area contributed by atoms with Crippen LogP contribution in [0.1, 0.15) is 35.2 Å². The number of rotatable bonds is 7. The summed E-state index contributed by atoms with van der Waals surface area (Å²) in [5.74, 6) is -0.268. The average molecular weight is 415 g/mol. The summed E-state index contributed by atoms with van der Waals surface area (Å²) >= 11 is 0. The first-order chi connectivity index (χ1) is 15.0. The Morgan fingerprint density at radius 3 is 2.45 bits per heavy atom. The Morgan fingerprint density at radius 1 is 0.903 bits per heavy atom. The molecule has 0 bridgehead atoms. The highest BCUT2D eigenvalue weighted by Crippen LogP contribution is 2.30. The number of carbonyl (C=O) groups excluding carboxylic acids is 3. The molecule has 3 amide bonds. The van der Waals surface area contributed by atoms with Gasteiger partial charge < -0.3 is 16.0 Å².